The number of hydrogen-bond acceptors (Lipinski definition) is 3. The molecule has 4 nitrogen and oxygen atoms in total. The maximum atomic E-state index is 14.2. The highest BCUT2D eigenvalue weighted by molar-refractivity contribution is 5.95. The normalized spacial score (nSPS) is 15.4. The van der Waals surface area contributed by atoms with Gasteiger partial charge in [-0.25, -0.2) is 4.39 Å². The Kier molecular flexibility index (Phi) is 3.88. The SMILES string of the molecule is COc1ccc(C(=O)N(C2CC2)C(C)c2ccco2)c(F)c1. The molecule has 2 aromatic rings. The van der Waals surface area contributed by atoms with Gasteiger partial charge in [-0.05, 0) is 44.0 Å². The minimum atomic E-state index is -0.568. The predicted molar refractivity (Wildman–Crippen MR) is 79.3 cm³/mol. The summed E-state index contributed by atoms with van der Waals surface area (Å²) in [5.41, 5.74) is 0.0612. The Morgan fingerprint density at radius 1 is 1.41 bits per heavy atom. The van der Waals surface area contributed by atoms with E-state index in [-0.39, 0.29) is 23.6 Å². The molecule has 1 aromatic heterocycles. The van der Waals surface area contributed by atoms with Crippen LogP contribution in [0.15, 0.2) is 41.0 Å². The van der Waals surface area contributed by atoms with E-state index in [1.54, 1.807) is 23.3 Å². The van der Waals surface area contributed by atoms with Crippen LogP contribution >= 0.6 is 0 Å². The summed E-state index contributed by atoms with van der Waals surface area (Å²) in [5, 5.41) is 0. The fourth-order valence-electron chi connectivity index (χ4n) is 2.61. The lowest BCUT2D eigenvalue weighted by atomic mass is 10.1. The maximum absolute atomic E-state index is 14.2. The van der Waals surface area contributed by atoms with Crippen molar-refractivity contribution in [3.63, 3.8) is 0 Å². The highest BCUT2D eigenvalue weighted by Gasteiger charge is 2.38. The Morgan fingerprint density at radius 2 is 2.18 bits per heavy atom. The molecule has 1 saturated carbocycles. The van der Waals surface area contributed by atoms with Gasteiger partial charge >= 0.3 is 0 Å². The first-order chi connectivity index (χ1) is 10.6. The van der Waals surface area contributed by atoms with Crippen LogP contribution in [0.1, 0.15) is 41.9 Å². The maximum Gasteiger partial charge on any atom is 0.257 e. The largest absolute Gasteiger partial charge is 0.497 e. The molecule has 22 heavy (non-hydrogen) atoms. The van der Waals surface area contributed by atoms with Gasteiger partial charge in [-0.3, -0.25) is 4.79 Å². The molecule has 0 saturated heterocycles. The van der Waals surface area contributed by atoms with E-state index < -0.39 is 5.82 Å². The summed E-state index contributed by atoms with van der Waals surface area (Å²) < 4.78 is 24.6. The third kappa shape index (κ3) is 2.71. The highest BCUT2D eigenvalue weighted by atomic mass is 19.1. The fourth-order valence-corrected chi connectivity index (χ4v) is 2.61. The van der Waals surface area contributed by atoms with Crippen LogP contribution in [-0.2, 0) is 0 Å². The van der Waals surface area contributed by atoms with E-state index in [2.05, 4.69) is 0 Å². The minimum Gasteiger partial charge on any atom is -0.497 e. The number of rotatable bonds is 5. The molecule has 0 bridgehead atoms. The first kappa shape index (κ1) is 14.6. The second kappa shape index (κ2) is 5.83. The summed E-state index contributed by atoms with van der Waals surface area (Å²) in [7, 11) is 1.46. The van der Waals surface area contributed by atoms with Gasteiger partial charge in [0.25, 0.3) is 5.91 Å². The molecule has 1 amide bonds. The molecule has 0 aliphatic heterocycles. The van der Waals surface area contributed by atoms with Crippen molar-refractivity contribution in [2.75, 3.05) is 7.11 Å². The van der Waals surface area contributed by atoms with Crippen LogP contribution in [0.4, 0.5) is 4.39 Å². The zero-order valence-electron chi connectivity index (χ0n) is 12.6. The molecule has 1 heterocycles. The van der Waals surface area contributed by atoms with Crippen LogP contribution in [0, 0.1) is 5.82 Å². The van der Waals surface area contributed by atoms with Crippen LogP contribution in [-0.4, -0.2) is 24.0 Å². The van der Waals surface area contributed by atoms with Crippen molar-refractivity contribution in [1.82, 2.24) is 4.90 Å². The summed E-state index contributed by atoms with van der Waals surface area (Å²) in [6.07, 6.45) is 3.46. The number of ether oxygens (including phenoxy) is 1. The van der Waals surface area contributed by atoms with Crippen LogP contribution in [0.5, 0.6) is 5.75 Å². The topological polar surface area (TPSA) is 42.7 Å². The van der Waals surface area contributed by atoms with Crippen molar-refractivity contribution < 1.29 is 18.3 Å². The number of halogens is 1. The second-order valence-corrected chi connectivity index (χ2v) is 5.48. The molecule has 1 fully saturated rings. The number of amides is 1. The predicted octanol–water partition coefficient (Wildman–Crippen LogP) is 3.79. The van der Waals surface area contributed by atoms with Gasteiger partial charge in [-0.2, -0.15) is 0 Å². The van der Waals surface area contributed by atoms with E-state index >= 15 is 0 Å². The molecule has 116 valence electrons. The number of benzene rings is 1. The zero-order chi connectivity index (χ0) is 15.7. The molecule has 0 radical (unpaired) electrons. The molecule has 0 spiro atoms. The summed E-state index contributed by atoms with van der Waals surface area (Å²) >= 11 is 0. The van der Waals surface area contributed by atoms with Gasteiger partial charge in [-0.15, -0.1) is 0 Å². The van der Waals surface area contributed by atoms with Crippen molar-refractivity contribution >= 4 is 5.91 Å². The molecular formula is C17H18FNO3. The number of carbonyl (C=O) groups excluding carboxylic acids is 1. The molecule has 1 atom stereocenters. The summed E-state index contributed by atoms with van der Waals surface area (Å²) in [6.45, 7) is 1.90. The fraction of sp³-hybridized carbons (Fsp3) is 0.353. The van der Waals surface area contributed by atoms with Crippen LogP contribution in [0.25, 0.3) is 0 Å². The average molecular weight is 303 g/mol. The van der Waals surface area contributed by atoms with E-state index in [0.29, 0.717) is 11.5 Å². The lowest BCUT2D eigenvalue weighted by Gasteiger charge is -2.28. The Labute approximate surface area is 128 Å². The highest BCUT2D eigenvalue weighted by Crippen LogP contribution is 2.36. The van der Waals surface area contributed by atoms with E-state index in [9.17, 15) is 9.18 Å². The second-order valence-electron chi connectivity index (χ2n) is 5.48. The van der Waals surface area contributed by atoms with Crippen molar-refractivity contribution in [2.45, 2.75) is 31.8 Å². The monoisotopic (exact) mass is 303 g/mol. The van der Waals surface area contributed by atoms with E-state index in [0.717, 1.165) is 12.8 Å². The van der Waals surface area contributed by atoms with Crippen molar-refractivity contribution in [1.29, 1.82) is 0 Å². The van der Waals surface area contributed by atoms with Crippen LogP contribution in [0.3, 0.4) is 0 Å². The molecule has 1 unspecified atom stereocenters. The molecule has 5 heteroatoms. The van der Waals surface area contributed by atoms with Crippen molar-refractivity contribution in [3.05, 3.63) is 53.7 Å². The standard InChI is InChI=1S/C17H18FNO3/c1-11(16-4-3-9-22-16)19(12-5-6-12)17(20)14-8-7-13(21-2)10-15(14)18/h3-4,7-12H,5-6H2,1-2H3. The summed E-state index contributed by atoms with van der Waals surface area (Å²) in [6, 6.07) is 7.84. The summed E-state index contributed by atoms with van der Waals surface area (Å²) in [5.74, 6) is 0.216. The van der Waals surface area contributed by atoms with Gasteiger partial charge in [-0.1, -0.05) is 0 Å². The van der Waals surface area contributed by atoms with E-state index in [1.165, 1.54) is 19.2 Å². The van der Waals surface area contributed by atoms with Gasteiger partial charge in [0, 0.05) is 12.1 Å². The average Bonchev–Trinajstić information content (AvgIpc) is 3.18. The molecule has 1 aliphatic carbocycles. The minimum absolute atomic E-state index is 0.0612. The number of hydrogen-bond donors (Lipinski definition) is 0. The van der Waals surface area contributed by atoms with Gasteiger partial charge in [0.05, 0.1) is 25.0 Å². The van der Waals surface area contributed by atoms with Crippen molar-refractivity contribution in [3.8, 4) is 5.75 Å². The smallest absolute Gasteiger partial charge is 0.257 e. The van der Waals surface area contributed by atoms with Crippen LogP contribution in [0.2, 0.25) is 0 Å². The molecule has 1 aromatic carbocycles. The summed E-state index contributed by atoms with van der Waals surface area (Å²) in [4.78, 5) is 14.5. The molecule has 1 aliphatic rings. The molecule has 0 N–H and O–H groups in total. The van der Waals surface area contributed by atoms with Gasteiger partial charge in [0.2, 0.25) is 0 Å². The van der Waals surface area contributed by atoms with Gasteiger partial charge in [0.1, 0.15) is 17.3 Å². The number of furan rings is 1. The van der Waals surface area contributed by atoms with E-state index in [4.69, 9.17) is 9.15 Å². The number of nitrogens with zero attached hydrogens (tertiary/aromatic N) is 1. The lowest BCUT2D eigenvalue weighted by Crippen LogP contribution is -2.36. The Hall–Kier alpha value is -2.30. The molecular weight excluding hydrogens is 285 g/mol. The zero-order valence-corrected chi connectivity index (χ0v) is 12.6. The van der Waals surface area contributed by atoms with Gasteiger partial charge < -0.3 is 14.1 Å². The van der Waals surface area contributed by atoms with Gasteiger partial charge in [0.15, 0.2) is 0 Å². The van der Waals surface area contributed by atoms with E-state index in [1.807, 2.05) is 13.0 Å². The Balaban J connectivity index is 1.90. The van der Waals surface area contributed by atoms with Crippen LogP contribution < -0.4 is 4.74 Å². The Morgan fingerprint density at radius 3 is 2.73 bits per heavy atom. The third-order valence-electron chi connectivity index (χ3n) is 3.95. The number of methoxy groups -OCH3 is 1. The number of carbonyl (C=O) groups is 1. The van der Waals surface area contributed by atoms with Crippen molar-refractivity contribution in [2.24, 2.45) is 0 Å². The Bertz CT molecular complexity index is 665. The quantitative estimate of drug-likeness (QED) is 0.844. The molecule has 3 rings (SSSR count). The first-order valence-corrected chi connectivity index (χ1v) is 7.31. The first-order valence-electron chi connectivity index (χ1n) is 7.31. The third-order valence-corrected chi connectivity index (χ3v) is 3.95. The lowest BCUT2D eigenvalue weighted by molar-refractivity contribution is 0.0648.